The first kappa shape index (κ1) is 13.8. The van der Waals surface area contributed by atoms with Crippen LogP contribution in [0, 0.1) is 5.92 Å². The molecule has 0 aromatic heterocycles. The summed E-state index contributed by atoms with van der Waals surface area (Å²) in [4.78, 5) is 22.8. The highest BCUT2D eigenvalue weighted by Gasteiger charge is 2.29. The van der Waals surface area contributed by atoms with Gasteiger partial charge < -0.3 is 16.8 Å². The van der Waals surface area contributed by atoms with Gasteiger partial charge in [0.15, 0.2) is 0 Å². The SMILES string of the molecule is NC(=O)c1ccc(NC(=O)CC(N)C2CC2)cc1Cl. The average Bonchev–Trinajstić information content (AvgIpc) is 3.11. The van der Waals surface area contributed by atoms with Gasteiger partial charge in [-0.2, -0.15) is 0 Å². The largest absolute Gasteiger partial charge is 0.366 e. The van der Waals surface area contributed by atoms with E-state index in [2.05, 4.69) is 5.32 Å². The van der Waals surface area contributed by atoms with Crippen LogP contribution >= 0.6 is 11.6 Å². The van der Waals surface area contributed by atoms with E-state index in [0.29, 0.717) is 18.0 Å². The average molecular weight is 282 g/mol. The van der Waals surface area contributed by atoms with Gasteiger partial charge in [0.05, 0.1) is 10.6 Å². The molecular weight excluding hydrogens is 266 g/mol. The van der Waals surface area contributed by atoms with Gasteiger partial charge in [0.2, 0.25) is 11.8 Å². The smallest absolute Gasteiger partial charge is 0.250 e. The van der Waals surface area contributed by atoms with Crippen molar-refractivity contribution in [1.82, 2.24) is 0 Å². The van der Waals surface area contributed by atoms with Crippen LogP contribution < -0.4 is 16.8 Å². The van der Waals surface area contributed by atoms with Crippen molar-refractivity contribution >= 4 is 29.1 Å². The van der Waals surface area contributed by atoms with Crippen LogP contribution in [0.2, 0.25) is 5.02 Å². The second-order valence-corrected chi connectivity index (χ2v) is 5.22. The molecule has 1 aromatic rings. The number of amides is 2. The van der Waals surface area contributed by atoms with E-state index in [1.807, 2.05) is 0 Å². The summed E-state index contributed by atoms with van der Waals surface area (Å²) in [6.45, 7) is 0. The molecule has 0 heterocycles. The maximum absolute atomic E-state index is 11.8. The van der Waals surface area contributed by atoms with Crippen LogP contribution in [0.15, 0.2) is 18.2 Å². The molecule has 1 fully saturated rings. The highest BCUT2D eigenvalue weighted by molar-refractivity contribution is 6.34. The lowest BCUT2D eigenvalue weighted by atomic mass is 10.1. The van der Waals surface area contributed by atoms with E-state index in [-0.39, 0.29) is 22.5 Å². The van der Waals surface area contributed by atoms with Crippen molar-refractivity contribution in [3.05, 3.63) is 28.8 Å². The minimum atomic E-state index is -0.598. The fourth-order valence-electron chi connectivity index (χ4n) is 1.91. The van der Waals surface area contributed by atoms with Gasteiger partial charge in [0.25, 0.3) is 0 Å². The van der Waals surface area contributed by atoms with Crippen LogP contribution in [0.4, 0.5) is 5.69 Å². The summed E-state index contributed by atoms with van der Waals surface area (Å²) in [6.07, 6.45) is 2.50. The molecule has 0 radical (unpaired) electrons. The summed E-state index contributed by atoms with van der Waals surface area (Å²) in [5.41, 5.74) is 11.8. The number of nitrogens with two attached hydrogens (primary N) is 2. The van der Waals surface area contributed by atoms with Crippen LogP contribution in [0.25, 0.3) is 0 Å². The number of rotatable bonds is 5. The van der Waals surface area contributed by atoms with Gasteiger partial charge in [-0.05, 0) is 37.0 Å². The lowest BCUT2D eigenvalue weighted by molar-refractivity contribution is -0.116. The Hall–Kier alpha value is -1.59. The Morgan fingerprint density at radius 1 is 1.42 bits per heavy atom. The highest BCUT2D eigenvalue weighted by Crippen LogP contribution is 2.32. The van der Waals surface area contributed by atoms with Crippen LogP contribution in [-0.2, 0) is 4.79 Å². The van der Waals surface area contributed by atoms with Gasteiger partial charge in [-0.3, -0.25) is 9.59 Å². The van der Waals surface area contributed by atoms with Gasteiger partial charge in [0, 0.05) is 18.2 Å². The van der Waals surface area contributed by atoms with E-state index in [9.17, 15) is 9.59 Å². The first-order valence-electron chi connectivity index (χ1n) is 6.12. The fraction of sp³-hybridized carbons (Fsp3) is 0.385. The number of carbonyl (C=O) groups excluding carboxylic acids is 2. The summed E-state index contributed by atoms with van der Waals surface area (Å²) in [5, 5.41) is 2.93. The minimum absolute atomic E-state index is 0.0830. The van der Waals surface area contributed by atoms with E-state index in [0.717, 1.165) is 12.8 Å². The van der Waals surface area contributed by atoms with E-state index < -0.39 is 5.91 Å². The molecule has 6 heteroatoms. The predicted octanol–water partition coefficient (Wildman–Crippen LogP) is 1.50. The van der Waals surface area contributed by atoms with Crippen molar-refractivity contribution in [3.8, 4) is 0 Å². The van der Waals surface area contributed by atoms with Crippen molar-refractivity contribution in [3.63, 3.8) is 0 Å². The molecule has 5 nitrogen and oxygen atoms in total. The maximum atomic E-state index is 11.8. The molecule has 1 unspecified atom stereocenters. The third kappa shape index (κ3) is 3.68. The lowest BCUT2D eigenvalue weighted by Gasteiger charge is -2.11. The summed E-state index contributed by atoms with van der Waals surface area (Å²) >= 11 is 5.90. The Balaban J connectivity index is 1.96. The number of primary amides is 1. The van der Waals surface area contributed by atoms with Crippen LogP contribution in [-0.4, -0.2) is 17.9 Å². The van der Waals surface area contributed by atoms with E-state index in [1.165, 1.54) is 12.1 Å². The van der Waals surface area contributed by atoms with Crippen molar-refractivity contribution < 1.29 is 9.59 Å². The molecule has 0 bridgehead atoms. The quantitative estimate of drug-likeness (QED) is 0.763. The number of nitrogens with one attached hydrogen (secondary N) is 1. The first-order chi connectivity index (χ1) is 8.97. The molecule has 1 atom stereocenters. The van der Waals surface area contributed by atoms with Crippen LogP contribution in [0.1, 0.15) is 29.6 Å². The third-order valence-electron chi connectivity index (χ3n) is 3.17. The van der Waals surface area contributed by atoms with Crippen LogP contribution in [0.5, 0.6) is 0 Å². The predicted molar refractivity (Wildman–Crippen MR) is 73.9 cm³/mol. The summed E-state index contributed by atoms with van der Waals surface area (Å²) in [5.74, 6) is -0.271. The van der Waals surface area contributed by atoms with Crippen molar-refractivity contribution in [2.24, 2.45) is 17.4 Å². The molecule has 1 aliphatic carbocycles. The summed E-state index contributed by atoms with van der Waals surface area (Å²) in [6, 6.07) is 4.50. The maximum Gasteiger partial charge on any atom is 0.250 e. The number of benzene rings is 1. The number of halogens is 1. The molecular formula is C13H16ClN3O2. The van der Waals surface area contributed by atoms with Gasteiger partial charge in [-0.1, -0.05) is 11.6 Å². The van der Waals surface area contributed by atoms with Gasteiger partial charge >= 0.3 is 0 Å². The van der Waals surface area contributed by atoms with E-state index >= 15 is 0 Å². The van der Waals surface area contributed by atoms with E-state index in [4.69, 9.17) is 23.1 Å². The molecule has 2 amide bonds. The summed E-state index contributed by atoms with van der Waals surface area (Å²) in [7, 11) is 0. The van der Waals surface area contributed by atoms with Crippen molar-refractivity contribution in [2.45, 2.75) is 25.3 Å². The Labute approximate surface area is 116 Å². The van der Waals surface area contributed by atoms with Gasteiger partial charge in [-0.25, -0.2) is 0 Å². The molecule has 0 aliphatic heterocycles. The Bertz CT molecular complexity index is 515. The zero-order chi connectivity index (χ0) is 14.0. The molecule has 0 saturated heterocycles. The topological polar surface area (TPSA) is 98.2 Å². The molecule has 102 valence electrons. The number of hydrogen-bond donors (Lipinski definition) is 3. The number of anilines is 1. The molecule has 19 heavy (non-hydrogen) atoms. The highest BCUT2D eigenvalue weighted by atomic mass is 35.5. The standard InChI is InChI=1S/C13H16ClN3O2/c14-10-5-8(3-4-9(10)13(16)19)17-12(18)6-11(15)7-1-2-7/h3-5,7,11H,1-2,6,15H2,(H2,16,19)(H,17,18). The van der Waals surface area contributed by atoms with Crippen LogP contribution in [0.3, 0.4) is 0 Å². The Morgan fingerprint density at radius 3 is 2.63 bits per heavy atom. The lowest BCUT2D eigenvalue weighted by Crippen LogP contribution is -2.28. The molecule has 1 aromatic carbocycles. The van der Waals surface area contributed by atoms with Gasteiger partial charge in [-0.15, -0.1) is 0 Å². The van der Waals surface area contributed by atoms with Crippen molar-refractivity contribution in [1.29, 1.82) is 0 Å². The Kier molecular flexibility index (Phi) is 4.07. The normalized spacial score (nSPS) is 15.9. The summed E-state index contributed by atoms with van der Waals surface area (Å²) < 4.78 is 0. The molecule has 1 saturated carbocycles. The second kappa shape index (κ2) is 5.59. The van der Waals surface area contributed by atoms with Crippen molar-refractivity contribution in [2.75, 3.05) is 5.32 Å². The Morgan fingerprint density at radius 2 is 2.11 bits per heavy atom. The number of hydrogen-bond acceptors (Lipinski definition) is 3. The minimum Gasteiger partial charge on any atom is -0.366 e. The number of carbonyl (C=O) groups is 2. The molecule has 1 aliphatic rings. The first-order valence-corrected chi connectivity index (χ1v) is 6.50. The van der Waals surface area contributed by atoms with E-state index in [1.54, 1.807) is 6.07 Å². The fourth-order valence-corrected chi connectivity index (χ4v) is 2.18. The zero-order valence-corrected chi connectivity index (χ0v) is 11.1. The molecule has 0 spiro atoms. The third-order valence-corrected chi connectivity index (χ3v) is 3.48. The molecule has 5 N–H and O–H groups in total. The monoisotopic (exact) mass is 281 g/mol. The molecule has 2 rings (SSSR count). The second-order valence-electron chi connectivity index (χ2n) is 4.81. The zero-order valence-electron chi connectivity index (χ0n) is 10.4. The van der Waals surface area contributed by atoms with Gasteiger partial charge in [0.1, 0.15) is 0 Å².